The van der Waals surface area contributed by atoms with Crippen molar-refractivity contribution < 1.29 is 19.4 Å². The maximum absolute atomic E-state index is 10.8. The summed E-state index contributed by atoms with van der Waals surface area (Å²) in [5.74, 6) is -0.378. The van der Waals surface area contributed by atoms with Crippen LogP contribution < -0.4 is 15.2 Å². The van der Waals surface area contributed by atoms with Crippen molar-refractivity contribution in [2.24, 2.45) is 5.73 Å². The van der Waals surface area contributed by atoms with Crippen LogP contribution in [0.5, 0.6) is 11.5 Å². The number of carboxylic acids is 1. The van der Waals surface area contributed by atoms with Gasteiger partial charge in [0.2, 0.25) is 0 Å². The molecule has 0 unspecified atom stereocenters. The summed E-state index contributed by atoms with van der Waals surface area (Å²) in [5.41, 5.74) is 5.86. The Balaban J connectivity index is 3.21. The van der Waals surface area contributed by atoms with Crippen LogP contribution in [-0.4, -0.2) is 24.8 Å². The van der Waals surface area contributed by atoms with Gasteiger partial charge in [0.25, 0.3) is 0 Å². The molecule has 0 saturated carbocycles. The predicted octanol–water partition coefficient (Wildman–Crippen LogP) is 1.83. The van der Waals surface area contributed by atoms with Crippen molar-refractivity contribution in [3.63, 3.8) is 0 Å². The maximum atomic E-state index is 10.8. The standard InChI is InChI=1S/C11H14ClNO4/c1-3-17-10-7(12)4-6(5-8(10)16-2)9(13)11(14)15/h4-5,9H,3,13H2,1-2H3,(H,14,15)/t9-/m0/s1. The Morgan fingerprint density at radius 3 is 2.71 bits per heavy atom. The van der Waals surface area contributed by atoms with Gasteiger partial charge in [-0.25, -0.2) is 0 Å². The Labute approximate surface area is 104 Å². The zero-order valence-corrected chi connectivity index (χ0v) is 10.3. The highest BCUT2D eigenvalue weighted by Crippen LogP contribution is 2.37. The molecule has 0 spiro atoms. The Hall–Kier alpha value is -1.46. The summed E-state index contributed by atoms with van der Waals surface area (Å²) >= 11 is 5.99. The van der Waals surface area contributed by atoms with E-state index in [4.69, 9.17) is 31.9 Å². The first-order valence-corrected chi connectivity index (χ1v) is 5.37. The molecule has 6 heteroatoms. The average molecular weight is 260 g/mol. The van der Waals surface area contributed by atoms with E-state index in [1.807, 2.05) is 6.92 Å². The molecule has 0 fully saturated rings. The molecule has 0 aliphatic rings. The smallest absolute Gasteiger partial charge is 0.325 e. The molecule has 0 radical (unpaired) electrons. The third-order valence-corrected chi connectivity index (χ3v) is 2.45. The fraction of sp³-hybridized carbons (Fsp3) is 0.364. The molecule has 0 aromatic heterocycles. The fourth-order valence-corrected chi connectivity index (χ4v) is 1.62. The van der Waals surface area contributed by atoms with Crippen molar-refractivity contribution in [1.82, 2.24) is 0 Å². The number of aliphatic carboxylic acids is 1. The summed E-state index contributed by atoms with van der Waals surface area (Å²) in [6.45, 7) is 2.24. The monoisotopic (exact) mass is 259 g/mol. The van der Waals surface area contributed by atoms with E-state index in [-0.39, 0.29) is 5.02 Å². The molecule has 0 aliphatic carbocycles. The quantitative estimate of drug-likeness (QED) is 0.843. The first-order valence-electron chi connectivity index (χ1n) is 4.99. The Kier molecular flexibility index (Phi) is 4.60. The van der Waals surface area contributed by atoms with Crippen LogP contribution in [0.25, 0.3) is 0 Å². The van der Waals surface area contributed by atoms with Crippen LogP contribution in [0, 0.1) is 0 Å². The lowest BCUT2D eigenvalue weighted by molar-refractivity contribution is -0.138. The lowest BCUT2D eigenvalue weighted by Gasteiger charge is -2.14. The number of hydrogen-bond donors (Lipinski definition) is 2. The third-order valence-electron chi connectivity index (χ3n) is 2.17. The van der Waals surface area contributed by atoms with E-state index < -0.39 is 12.0 Å². The van der Waals surface area contributed by atoms with Gasteiger partial charge >= 0.3 is 5.97 Å². The van der Waals surface area contributed by atoms with Gasteiger partial charge in [-0.15, -0.1) is 0 Å². The molecule has 1 rings (SSSR count). The summed E-state index contributed by atoms with van der Waals surface area (Å²) in [5, 5.41) is 9.10. The summed E-state index contributed by atoms with van der Waals surface area (Å²) in [6, 6.07) is 1.83. The van der Waals surface area contributed by atoms with Gasteiger partial charge in [-0.3, -0.25) is 4.79 Å². The first-order chi connectivity index (χ1) is 8.01. The second-order valence-corrected chi connectivity index (χ2v) is 3.69. The first kappa shape index (κ1) is 13.6. The highest BCUT2D eigenvalue weighted by Gasteiger charge is 2.19. The van der Waals surface area contributed by atoms with E-state index in [2.05, 4.69) is 0 Å². The normalized spacial score (nSPS) is 12.0. The molecule has 1 atom stereocenters. The summed E-state index contributed by atoms with van der Waals surface area (Å²) in [7, 11) is 1.45. The van der Waals surface area contributed by atoms with Crippen molar-refractivity contribution in [2.75, 3.05) is 13.7 Å². The predicted molar refractivity (Wildman–Crippen MR) is 63.7 cm³/mol. The number of hydrogen-bond acceptors (Lipinski definition) is 4. The fourth-order valence-electron chi connectivity index (χ4n) is 1.35. The van der Waals surface area contributed by atoms with Gasteiger partial charge in [0, 0.05) is 0 Å². The van der Waals surface area contributed by atoms with Crippen molar-refractivity contribution in [3.8, 4) is 11.5 Å². The molecule has 1 aromatic rings. The topological polar surface area (TPSA) is 81.8 Å². The van der Waals surface area contributed by atoms with Gasteiger partial charge in [0.15, 0.2) is 11.5 Å². The molecule has 0 amide bonds. The highest BCUT2D eigenvalue weighted by atomic mass is 35.5. The van der Waals surface area contributed by atoms with E-state index >= 15 is 0 Å². The molecule has 5 nitrogen and oxygen atoms in total. The largest absolute Gasteiger partial charge is 0.493 e. The maximum Gasteiger partial charge on any atom is 0.325 e. The van der Waals surface area contributed by atoms with Crippen molar-refractivity contribution in [3.05, 3.63) is 22.7 Å². The second-order valence-electron chi connectivity index (χ2n) is 3.28. The lowest BCUT2D eigenvalue weighted by Crippen LogP contribution is -2.20. The molecule has 94 valence electrons. The van der Waals surface area contributed by atoms with Crippen LogP contribution in [0.4, 0.5) is 0 Å². The van der Waals surface area contributed by atoms with Crippen LogP contribution in [-0.2, 0) is 4.79 Å². The van der Waals surface area contributed by atoms with Crippen LogP contribution >= 0.6 is 11.6 Å². The van der Waals surface area contributed by atoms with Crippen LogP contribution in [0.3, 0.4) is 0 Å². The molecule has 0 saturated heterocycles. The molecule has 0 aliphatic heterocycles. The number of benzene rings is 1. The molecule has 0 bridgehead atoms. The minimum Gasteiger partial charge on any atom is -0.493 e. The van der Waals surface area contributed by atoms with E-state index in [1.165, 1.54) is 19.2 Å². The van der Waals surface area contributed by atoms with Gasteiger partial charge in [0.1, 0.15) is 6.04 Å². The summed E-state index contributed by atoms with van der Waals surface area (Å²) < 4.78 is 10.4. The molecular weight excluding hydrogens is 246 g/mol. The van der Waals surface area contributed by atoms with Crippen molar-refractivity contribution in [1.29, 1.82) is 0 Å². The molecule has 17 heavy (non-hydrogen) atoms. The second kappa shape index (κ2) is 5.75. The van der Waals surface area contributed by atoms with Gasteiger partial charge in [-0.1, -0.05) is 11.6 Å². The minimum atomic E-state index is -1.14. The Bertz CT molecular complexity index is 422. The SMILES string of the molecule is CCOc1c(Cl)cc([C@H](N)C(=O)O)cc1OC. The number of halogens is 1. The Morgan fingerprint density at radius 2 is 2.24 bits per heavy atom. The van der Waals surface area contributed by atoms with E-state index in [9.17, 15) is 4.79 Å². The average Bonchev–Trinajstić information content (AvgIpc) is 2.30. The van der Waals surface area contributed by atoms with E-state index in [0.717, 1.165) is 0 Å². The van der Waals surface area contributed by atoms with Crippen LogP contribution in [0.1, 0.15) is 18.5 Å². The van der Waals surface area contributed by atoms with Gasteiger partial charge < -0.3 is 20.3 Å². The molecule has 1 aromatic carbocycles. The van der Waals surface area contributed by atoms with Crippen LogP contribution in [0.2, 0.25) is 5.02 Å². The van der Waals surface area contributed by atoms with E-state index in [0.29, 0.717) is 23.7 Å². The highest BCUT2D eigenvalue weighted by molar-refractivity contribution is 6.32. The lowest BCUT2D eigenvalue weighted by atomic mass is 10.1. The Morgan fingerprint density at radius 1 is 1.59 bits per heavy atom. The minimum absolute atomic E-state index is 0.276. The number of carboxylic acid groups (broad SMARTS) is 1. The number of methoxy groups -OCH3 is 1. The van der Waals surface area contributed by atoms with Gasteiger partial charge in [-0.05, 0) is 24.6 Å². The zero-order valence-electron chi connectivity index (χ0n) is 9.57. The third kappa shape index (κ3) is 3.01. The zero-order chi connectivity index (χ0) is 13.0. The number of ether oxygens (including phenoxy) is 2. The summed E-state index contributed by atoms with van der Waals surface area (Å²) in [6.07, 6.45) is 0. The van der Waals surface area contributed by atoms with Gasteiger partial charge in [0.05, 0.1) is 18.7 Å². The molecule has 0 heterocycles. The number of carbonyl (C=O) groups is 1. The number of nitrogens with two attached hydrogens (primary N) is 1. The van der Waals surface area contributed by atoms with Crippen molar-refractivity contribution >= 4 is 17.6 Å². The molecule has 3 N–H and O–H groups in total. The summed E-state index contributed by atoms with van der Waals surface area (Å²) in [4.78, 5) is 10.8. The van der Waals surface area contributed by atoms with Gasteiger partial charge in [-0.2, -0.15) is 0 Å². The molecular formula is C11H14ClNO4. The van der Waals surface area contributed by atoms with Crippen molar-refractivity contribution in [2.45, 2.75) is 13.0 Å². The van der Waals surface area contributed by atoms with Crippen LogP contribution in [0.15, 0.2) is 12.1 Å². The number of rotatable bonds is 5. The van der Waals surface area contributed by atoms with E-state index in [1.54, 1.807) is 0 Å².